The number of rotatable bonds is 5. The average Bonchev–Trinajstić information content (AvgIpc) is 2.69. The van der Waals surface area contributed by atoms with E-state index < -0.39 is 10.0 Å². The van der Waals surface area contributed by atoms with Crippen molar-refractivity contribution < 1.29 is 13.2 Å². The molecule has 1 aliphatic heterocycles. The number of para-hydroxylation sites is 1. The number of hydrogen-bond acceptors (Lipinski definition) is 4. The van der Waals surface area contributed by atoms with E-state index in [0.29, 0.717) is 23.8 Å². The van der Waals surface area contributed by atoms with E-state index in [2.05, 4.69) is 10.2 Å². The molecule has 2 atom stereocenters. The molecule has 2 unspecified atom stereocenters. The second-order valence-electron chi connectivity index (χ2n) is 7.36. The molecule has 7 nitrogen and oxygen atoms in total. The van der Waals surface area contributed by atoms with Crippen molar-refractivity contribution in [3.05, 3.63) is 65.0 Å². The summed E-state index contributed by atoms with van der Waals surface area (Å²) in [5.41, 5.74) is 0.831. The Hall–Kier alpha value is -2.44. The Morgan fingerprint density at radius 1 is 1.17 bits per heavy atom. The van der Waals surface area contributed by atoms with Crippen LogP contribution in [0.4, 0.5) is 11.4 Å². The van der Waals surface area contributed by atoms with Gasteiger partial charge in [0.1, 0.15) is 0 Å². The molecule has 1 N–H and O–H groups in total. The molecule has 0 spiro atoms. The molecule has 2 aromatic carbocycles. The first-order valence-corrected chi connectivity index (χ1v) is 11.3. The fraction of sp³-hybridized carbons (Fsp3) is 0.333. The first kappa shape index (κ1) is 22.2. The largest absolute Gasteiger partial charge is 0.324 e. The highest BCUT2D eigenvalue weighted by Crippen LogP contribution is 2.27. The molecule has 1 aliphatic rings. The van der Waals surface area contributed by atoms with Crippen molar-refractivity contribution in [3.8, 4) is 0 Å². The van der Waals surface area contributed by atoms with Crippen molar-refractivity contribution in [3.63, 3.8) is 0 Å². The van der Waals surface area contributed by atoms with Gasteiger partial charge in [0.25, 0.3) is 0 Å². The zero-order valence-electron chi connectivity index (χ0n) is 16.7. The van der Waals surface area contributed by atoms with Crippen LogP contribution in [0.3, 0.4) is 0 Å². The molecule has 158 valence electrons. The van der Waals surface area contributed by atoms with Gasteiger partial charge in [0.15, 0.2) is 5.69 Å². The number of amides is 1. The third kappa shape index (κ3) is 4.82. The first-order valence-electron chi connectivity index (χ1n) is 9.50. The van der Waals surface area contributed by atoms with Gasteiger partial charge in [-0.05, 0) is 38.1 Å². The Kier molecular flexibility index (Phi) is 6.78. The van der Waals surface area contributed by atoms with E-state index in [9.17, 15) is 13.2 Å². The summed E-state index contributed by atoms with van der Waals surface area (Å²) in [6, 6.07) is 12.4. The lowest BCUT2D eigenvalue weighted by Gasteiger charge is -2.43. The number of halogens is 1. The zero-order valence-corrected chi connectivity index (χ0v) is 18.3. The number of hydrogen-bond donors (Lipinski definition) is 1. The van der Waals surface area contributed by atoms with Crippen LogP contribution in [0.1, 0.15) is 13.8 Å². The van der Waals surface area contributed by atoms with Crippen molar-refractivity contribution in [2.75, 3.05) is 25.0 Å². The van der Waals surface area contributed by atoms with Crippen LogP contribution in [-0.4, -0.2) is 55.2 Å². The fourth-order valence-electron chi connectivity index (χ4n) is 3.81. The van der Waals surface area contributed by atoms with Crippen LogP contribution in [-0.2, 0) is 14.8 Å². The van der Waals surface area contributed by atoms with Crippen molar-refractivity contribution >= 4 is 38.9 Å². The number of sulfonamides is 1. The minimum Gasteiger partial charge on any atom is -0.324 e. The van der Waals surface area contributed by atoms with Gasteiger partial charge >= 0.3 is 0 Å². The van der Waals surface area contributed by atoms with Crippen LogP contribution in [0.15, 0.2) is 53.4 Å². The van der Waals surface area contributed by atoms with Gasteiger partial charge in [0.05, 0.1) is 28.7 Å². The molecule has 1 fully saturated rings. The summed E-state index contributed by atoms with van der Waals surface area (Å²) in [4.78, 5) is 17.8. The molecule has 0 aromatic heterocycles. The summed E-state index contributed by atoms with van der Waals surface area (Å²) < 4.78 is 27.9. The van der Waals surface area contributed by atoms with Crippen molar-refractivity contribution in [2.24, 2.45) is 0 Å². The number of benzene rings is 2. The van der Waals surface area contributed by atoms with Gasteiger partial charge in [0.2, 0.25) is 15.9 Å². The molecule has 2 aromatic rings. The van der Waals surface area contributed by atoms with Crippen LogP contribution in [0.5, 0.6) is 0 Å². The standard InChI is InChI=1S/C21H23ClN4O3S/c1-15-12-25(14-21(27)24-20-10-5-4-9-19(20)22)13-16(2)26(15)30(28,29)18-8-6-7-17(11-18)23-3/h4-11,15-16H,12-14H2,1-2H3,(H,24,27). The monoisotopic (exact) mass is 446 g/mol. The highest BCUT2D eigenvalue weighted by Gasteiger charge is 2.38. The van der Waals surface area contributed by atoms with E-state index in [1.54, 1.807) is 36.4 Å². The molecular formula is C21H23ClN4O3S. The number of piperazine rings is 1. The fourth-order valence-corrected chi connectivity index (χ4v) is 5.84. The molecule has 0 aliphatic carbocycles. The number of anilines is 1. The second kappa shape index (κ2) is 9.14. The maximum Gasteiger partial charge on any atom is 0.242 e. The third-order valence-electron chi connectivity index (χ3n) is 4.95. The Bertz CT molecular complexity index is 1070. The second-order valence-corrected chi connectivity index (χ2v) is 9.61. The topological polar surface area (TPSA) is 74.1 Å². The van der Waals surface area contributed by atoms with E-state index in [-0.39, 0.29) is 35.1 Å². The summed E-state index contributed by atoms with van der Waals surface area (Å²) in [6.45, 7) is 11.7. The summed E-state index contributed by atoms with van der Waals surface area (Å²) >= 11 is 6.09. The quantitative estimate of drug-likeness (QED) is 0.712. The van der Waals surface area contributed by atoms with E-state index in [0.717, 1.165) is 0 Å². The number of carbonyl (C=O) groups excluding carboxylic acids is 1. The van der Waals surface area contributed by atoms with Crippen LogP contribution < -0.4 is 5.32 Å². The number of nitrogens with one attached hydrogen (secondary N) is 1. The van der Waals surface area contributed by atoms with E-state index in [4.69, 9.17) is 18.2 Å². The third-order valence-corrected chi connectivity index (χ3v) is 7.41. The highest BCUT2D eigenvalue weighted by molar-refractivity contribution is 7.89. The molecule has 9 heteroatoms. The molecule has 1 amide bonds. The zero-order chi connectivity index (χ0) is 21.9. The Morgan fingerprint density at radius 3 is 2.47 bits per heavy atom. The summed E-state index contributed by atoms with van der Waals surface area (Å²) in [6.07, 6.45) is 0. The van der Waals surface area contributed by atoms with E-state index in [1.165, 1.54) is 16.4 Å². The van der Waals surface area contributed by atoms with Crippen LogP contribution in [0, 0.1) is 6.57 Å². The molecule has 3 rings (SSSR count). The van der Waals surface area contributed by atoms with Crippen LogP contribution >= 0.6 is 11.6 Å². The Balaban J connectivity index is 1.70. The van der Waals surface area contributed by atoms with Gasteiger partial charge in [-0.1, -0.05) is 35.9 Å². The van der Waals surface area contributed by atoms with Crippen molar-refractivity contribution in [1.82, 2.24) is 9.21 Å². The molecule has 1 saturated heterocycles. The molecule has 30 heavy (non-hydrogen) atoms. The molecule has 0 bridgehead atoms. The summed E-state index contributed by atoms with van der Waals surface area (Å²) in [5.74, 6) is -0.205. The van der Waals surface area contributed by atoms with Crippen molar-refractivity contribution in [2.45, 2.75) is 30.8 Å². The van der Waals surface area contributed by atoms with Crippen LogP contribution in [0.2, 0.25) is 5.02 Å². The lowest BCUT2D eigenvalue weighted by Crippen LogP contribution is -2.59. The van der Waals surface area contributed by atoms with Gasteiger partial charge in [0, 0.05) is 25.2 Å². The van der Waals surface area contributed by atoms with Gasteiger partial charge in [-0.25, -0.2) is 13.3 Å². The van der Waals surface area contributed by atoms with Gasteiger partial charge < -0.3 is 5.32 Å². The lowest BCUT2D eigenvalue weighted by atomic mass is 10.1. The minimum absolute atomic E-state index is 0.111. The first-order chi connectivity index (χ1) is 14.2. The number of carbonyl (C=O) groups is 1. The smallest absolute Gasteiger partial charge is 0.242 e. The maximum atomic E-state index is 13.2. The molecule has 0 radical (unpaired) electrons. The highest BCUT2D eigenvalue weighted by atomic mass is 35.5. The lowest BCUT2D eigenvalue weighted by molar-refractivity contribution is -0.118. The predicted molar refractivity (Wildman–Crippen MR) is 117 cm³/mol. The maximum absolute atomic E-state index is 13.2. The van der Waals surface area contributed by atoms with Gasteiger partial charge in [-0.3, -0.25) is 9.69 Å². The summed E-state index contributed by atoms with van der Waals surface area (Å²) in [7, 11) is -3.75. The van der Waals surface area contributed by atoms with E-state index >= 15 is 0 Å². The normalized spacial score (nSPS) is 20.5. The van der Waals surface area contributed by atoms with Crippen molar-refractivity contribution in [1.29, 1.82) is 0 Å². The van der Waals surface area contributed by atoms with E-state index in [1.807, 2.05) is 18.7 Å². The SMILES string of the molecule is [C-]#[N+]c1cccc(S(=O)(=O)N2C(C)CN(CC(=O)Nc3ccccc3Cl)CC2C)c1. The van der Waals surface area contributed by atoms with Gasteiger partial charge in [-0.2, -0.15) is 4.31 Å². The van der Waals surface area contributed by atoms with Crippen LogP contribution in [0.25, 0.3) is 4.85 Å². The Labute approximate surface area is 182 Å². The predicted octanol–water partition coefficient (Wildman–Crippen LogP) is 3.61. The molecular weight excluding hydrogens is 424 g/mol. The average molecular weight is 447 g/mol. The minimum atomic E-state index is -3.75. The van der Waals surface area contributed by atoms with Gasteiger partial charge in [-0.15, -0.1) is 0 Å². The summed E-state index contributed by atoms with van der Waals surface area (Å²) in [5, 5.41) is 3.26. The molecule has 1 heterocycles. The number of nitrogens with zero attached hydrogens (tertiary/aromatic N) is 3. The molecule has 0 saturated carbocycles. The Morgan fingerprint density at radius 2 is 1.83 bits per heavy atom.